The first-order valence-corrected chi connectivity index (χ1v) is 12.0. The minimum atomic E-state index is -0.218. The van der Waals surface area contributed by atoms with Crippen LogP contribution in [0.15, 0.2) is 59.0 Å². The maximum atomic E-state index is 12.7. The van der Waals surface area contributed by atoms with Gasteiger partial charge in [-0.2, -0.15) is 0 Å². The quantitative estimate of drug-likeness (QED) is 0.485. The third-order valence-corrected chi connectivity index (χ3v) is 7.86. The number of hydrogen-bond acceptors (Lipinski definition) is 3. The van der Waals surface area contributed by atoms with E-state index in [-0.39, 0.29) is 17.0 Å². The number of fused-ring (bicyclic) bond motifs is 3. The molecule has 0 aliphatic heterocycles. The standard InChI is InChI=1S/C28H28N2O2/c31-26(25-17-28(32)30-13-2-1-6-27(30)29-25)12-9-18-7-10-20-15-19(16-21(20)14-18)8-11-24-22-4-3-5-23(22)24/h1-2,6-7,10,13-15,17,22-24H,3-5,8-9,11-12,16H2. The molecule has 3 aliphatic carbocycles. The molecule has 3 aromatic rings. The van der Waals surface area contributed by atoms with Crippen LogP contribution in [0.1, 0.15) is 65.7 Å². The molecule has 4 heteroatoms. The molecule has 1 aromatic carbocycles. The van der Waals surface area contributed by atoms with Crippen LogP contribution in [-0.2, 0) is 12.8 Å². The van der Waals surface area contributed by atoms with E-state index in [0.717, 1.165) is 24.2 Å². The Morgan fingerprint density at radius 3 is 2.81 bits per heavy atom. The van der Waals surface area contributed by atoms with E-state index in [4.69, 9.17) is 0 Å². The van der Waals surface area contributed by atoms with Gasteiger partial charge >= 0.3 is 0 Å². The number of carbonyl (C=O) groups is 1. The molecule has 0 amide bonds. The Morgan fingerprint density at radius 2 is 1.94 bits per heavy atom. The predicted molar refractivity (Wildman–Crippen MR) is 126 cm³/mol. The van der Waals surface area contributed by atoms with Gasteiger partial charge in [-0.3, -0.25) is 14.0 Å². The number of aryl methyl sites for hydroxylation is 1. The van der Waals surface area contributed by atoms with Crippen LogP contribution >= 0.6 is 0 Å². The van der Waals surface area contributed by atoms with Crippen molar-refractivity contribution in [1.29, 1.82) is 0 Å². The lowest BCUT2D eigenvalue weighted by atomic mass is 9.99. The van der Waals surface area contributed by atoms with E-state index in [1.165, 1.54) is 59.3 Å². The van der Waals surface area contributed by atoms with Gasteiger partial charge < -0.3 is 0 Å². The number of Topliss-reactive ketones (excluding diaryl/α,β-unsaturated/α-hetero) is 1. The van der Waals surface area contributed by atoms with E-state index >= 15 is 0 Å². The average Bonchev–Trinajstić information content (AvgIpc) is 3.14. The monoisotopic (exact) mass is 424 g/mol. The fraction of sp³-hybridized carbons (Fsp3) is 0.393. The van der Waals surface area contributed by atoms with Gasteiger partial charge in [0, 0.05) is 18.7 Å². The van der Waals surface area contributed by atoms with E-state index in [2.05, 4.69) is 29.3 Å². The molecule has 0 N–H and O–H groups in total. The third kappa shape index (κ3) is 3.62. The number of hydrogen-bond donors (Lipinski definition) is 0. The summed E-state index contributed by atoms with van der Waals surface area (Å²) >= 11 is 0. The van der Waals surface area contributed by atoms with Crippen LogP contribution in [0.4, 0.5) is 0 Å². The maximum Gasteiger partial charge on any atom is 0.258 e. The molecular formula is C28H28N2O2. The van der Waals surface area contributed by atoms with Crippen LogP contribution in [-0.4, -0.2) is 15.2 Å². The number of allylic oxidation sites excluding steroid dienone is 1. The lowest BCUT2D eigenvalue weighted by molar-refractivity contribution is 0.0978. The van der Waals surface area contributed by atoms with E-state index in [1.807, 2.05) is 6.07 Å². The van der Waals surface area contributed by atoms with Gasteiger partial charge in [-0.1, -0.05) is 42.3 Å². The van der Waals surface area contributed by atoms with Crippen molar-refractivity contribution in [1.82, 2.24) is 9.38 Å². The van der Waals surface area contributed by atoms with Crippen molar-refractivity contribution in [2.45, 2.75) is 51.4 Å². The van der Waals surface area contributed by atoms with E-state index in [1.54, 1.807) is 23.9 Å². The summed E-state index contributed by atoms with van der Waals surface area (Å²) < 4.78 is 1.46. The molecule has 0 saturated heterocycles. The highest BCUT2D eigenvalue weighted by Crippen LogP contribution is 2.59. The highest BCUT2D eigenvalue weighted by molar-refractivity contribution is 5.94. The molecule has 2 saturated carbocycles. The van der Waals surface area contributed by atoms with Crippen molar-refractivity contribution in [2.24, 2.45) is 17.8 Å². The second-order valence-electron chi connectivity index (χ2n) is 9.81. The van der Waals surface area contributed by atoms with E-state index in [9.17, 15) is 9.59 Å². The molecular weight excluding hydrogens is 396 g/mol. The molecule has 3 aliphatic rings. The largest absolute Gasteiger partial charge is 0.292 e. The van der Waals surface area contributed by atoms with Crippen LogP contribution in [0.25, 0.3) is 11.7 Å². The first kappa shape index (κ1) is 19.7. The van der Waals surface area contributed by atoms with Gasteiger partial charge in [0.2, 0.25) is 0 Å². The van der Waals surface area contributed by atoms with Crippen molar-refractivity contribution >= 4 is 17.5 Å². The van der Waals surface area contributed by atoms with Crippen LogP contribution in [0.2, 0.25) is 0 Å². The minimum absolute atomic E-state index is 0.0808. The van der Waals surface area contributed by atoms with E-state index in [0.29, 0.717) is 18.5 Å². The zero-order valence-electron chi connectivity index (χ0n) is 18.3. The van der Waals surface area contributed by atoms with Gasteiger partial charge in [-0.15, -0.1) is 0 Å². The Bertz CT molecular complexity index is 1290. The number of aromatic nitrogens is 2. The number of rotatable bonds is 7. The third-order valence-electron chi connectivity index (χ3n) is 7.86. The molecule has 4 nitrogen and oxygen atoms in total. The fourth-order valence-corrected chi connectivity index (χ4v) is 6.12. The smallest absolute Gasteiger partial charge is 0.258 e. The lowest BCUT2D eigenvalue weighted by Gasteiger charge is -2.06. The molecule has 32 heavy (non-hydrogen) atoms. The maximum absolute atomic E-state index is 12.7. The Kier molecular flexibility index (Phi) is 4.82. The zero-order valence-corrected chi connectivity index (χ0v) is 18.3. The Labute approximate surface area is 188 Å². The first-order chi connectivity index (χ1) is 15.7. The van der Waals surface area contributed by atoms with Crippen molar-refractivity contribution < 1.29 is 4.79 Å². The average molecular weight is 425 g/mol. The highest BCUT2D eigenvalue weighted by atomic mass is 16.1. The Morgan fingerprint density at radius 1 is 1.06 bits per heavy atom. The summed E-state index contributed by atoms with van der Waals surface area (Å²) in [6.07, 6.45) is 13.2. The van der Waals surface area contributed by atoms with Gasteiger partial charge in [-0.25, -0.2) is 4.98 Å². The number of benzene rings is 1. The fourth-order valence-electron chi connectivity index (χ4n) is 6.12. The second kappa shape index (κ2) is 7.84. The van der Waals surface area contributed by atoms with Crippen LogP contribution in [0.5, 0.6) is 0 Å². The molecule has 162 valence electrons. The van der Waals surface area contributed by atoms with Crippen LogP contribution < -0.4 is 5.56 Å². The van der Waals surface area contributed by atoms with Gasteiger partial charge in [0.15, 0.2) is 5.78 Å². The summed E-state index contributed by atoms with van der Waals surface area (Å²) in [5.74, 6) is 3.03. The Hall–Kier alpha value is -3.01. The van der Waals surface area contributed by atoms with Crippen molar-refractivity contribution in [2.75, 3.05) is 0 Å². The molecule has 2 heterocycles. The number of nitrogens with zero attached hydrogens (tertiary/aromatic N) is 2. The summed E-state index contributed by atoms with van der Waals surface area (Å²) in [7, 11) is 0. The molecule has 0 radical (unpaired) electrons. The molecule has 6 rings (SSSR count). The lowest BCUT2D eigenvalue weighted by Crippen LogP contribution is -2.17. The zero-order chi connectivity index (χ0) is 21.7. The van der Waals surface area contributed by atoms with Gasteiger partial charge in [0.1, 0.15) is 11.3 Å². The Balaban J connectivity index is 1.07. The summed E-state index contributed by atoms with van der Waals surface area (Å²) in [5, 5.41) is 0. The molecule has 0 spiro atoms. The van der Waals surface area contributed by atoms with Gasteiger partial charge in [-0.05, 0) is 85.1 Å². The summed E-state index contributed by atoms with van der Waals surface area (Å²) in [6.45, 7) is 0. The van der Waals surface area contributed by atoms with E-state index < -0.39 is 0 Å². The molecule has 2 unspecified atom stereocenters. The first-order valence-electron chi connectivity index (χ1n) is 12.0. The minimum Gasteiger partial charge on any atom is -0.292 e. The predicted octanol–water partition coefficient (Wildman–Crippen LogP) is 5.28. The van der Waals surface area contributed by atoms with Crippen molar-refractivity contribution in [3.05, 3.63) is 87.0 Å². The summed E-state index contributed by atoms with van der Waals surface area (Å²) in [6, 6.07) is 13.3. The molecule has 2 fully saturated rings. The van der Waals surface area contributed by atoms with Crippen molar-refractivity contribution in [3.63, 3.8) is 0 Å². The highest BCUT2D eigenvalue weighted by Gasteiger charge is 2.51. The van der Waals surface area contributed by atoms with Gasteiger partial charge in [0.05, 0.1) is 0 Å². The van der Waals surface area contributed by atoms with Crippen molar-refractivity contribution in [3.8, 4) is 0 Å². The molecule has 2 aromatic heterocycles. The number of carbonyl (C=O) groups excluding carboxylic acids is 1. The van der Waals surface area contributed by atoms with Crippen LogP contribution in [0.3, 0.4) is 0 Å². The topological polar surface area (TPSA) is 51.4 Å². The molecule has 0 bridgehead atoms. The molecule has 2 atom stereocenters. The summed E-state index contributed by atoms with van der Waals surface area (Å²) in [4.78, 5) is 29.4. The van der Waals surface area contributed by atoms with Crippen LogP contribution in [0, 0.1) is 17.8 Å². The summed E-state index contributed by atoms with van der Waals surface area (Å²) in [5.41, 5.74) is 6.04. The van der Waals surface area contributed by atoms with Gasteiger partial charge in [0.25, 0.3) is 5.56 Å². The SMILES string of the molecule is O=C(CCc1ccc2c(c1)CC(CCC1C3CCCC31)=C2)c1cc(=O)n2ccccc2n1. The second-order valence-corrected chi connectivity index (χ2v) is 9.81. The number of pyridine rings is 1. The number of ketones is 1. The normalized spacial score (nSPS) is 23.1.